The summed E-state index contributed by atoms with van der Waals surface area (Å²) in [4.78, 5) is 25.3. The van der Waals surface area contributed by atoms with Crippen LogP contribution in [0.25, 0.3) is 5.52 Å². The first-order valence-corrected chi connectivity index (χ1v) is 9.47. The molecule has 2 aliphatic carbocycles. The van der Waals surface area contributed by atoms with Gasteiger partial charge in [-0.15, -0.1) is 0 Å². The van der Waals surface area contributed by atoms with Gasteiger partial charge in [-0.1, -0.05) is 13.8 Å². The number of rotatable bonds is 5. The van der Waals surface area contributed by atoms with E-state index in [4.69, 9.17) is 5.73 Å². The molecule has 2 aliphatic rings. The van der Waals surface area contributed by atoms with Gasteiger partial charge in [-0.3, -0.25) is 9.59 Å². The normalized spacial score (nSPS) is 25.0. The summed E-state index contributed by atoms with van der Waals surface area (Å²) in [7, 11) is 0. The SMILES string of the molecule is CC(C)c1nn(CC(=O)NC2CC(C)(O)C2)c(=O)c2c(N)c(C3CC3)nn12. The van der Waals surface area contributed by atoms with E-state index in [2.05, 4.69) is 15.5 Å². The van der Waals surface area contributed by atoms with Crippen LogP contribution in [0.2, 0.25) is 0 Å². The Bertz CT molecular complexity index is 962. The average Bonchev–Trinajstić information content (AvgIpc) is 3.32. The average molecular weight is 374 g/mol. The van der Waals surface area contributed by atoms with Gasteiger partial charge in [0.25, 0.3) is 5.56 Å². The molecule has 2 saturated carbocycles. The number of hydrogen-bond acceptors (Lipinski definition) is 6. The first-order valence-electron chi connectivity index (χ1n) is 9.47. The number of carbonyl (C=O) groups is 1. The Kier molecular flexibility index (Phi) is 4.03. The molecule has 2 heterocycles. The van der Waals surface area contributed by atoms with Crippen molar-refractivity contribution in [3.63, 3.8) is 0 Å². The molecule has 146 valence electrons. The maximum atomic E-state index is 12.9. The van der Waals surface area contributed by atoms with E-state index in [9.17, 15) is 14.7 Å². The number of amides is 1. The molecule has 4 rings (SSSR count). The van der Waals surface area contributed by atoms with Crippen molar-refractivity contribution in [3.8, 4) is 0 Å². The van der Waals surface area contributed by atoms with Crippen LogP contribution in [0.4, 0.5) is 5.69 Å². The smallest absolute Gasteiger partial charge is 0.295 e. The Morgan fingerprint density at radius 2 is 2.04 bits per heavy atom. The molecular weight excluding hydrogens is 348 g/mol. The van der Waals surface area contributed by atoms with Crippen molar-refractivity contribution in [1.29, 1.82) is 0 Å². The Morgan fingerprint density at radius 3 is 2.59 bits per heavy atom. The van der Waals surface area contributed by atoms with Crippen LogP contribution in [-0.4, -0.2) is 42.1 Å². The molecular formula is C18H26N6O3. The van der Waals surface area contributed by atoms with Crippen LogP contribution in [0.15, 0.2) is 4.79 Å². The predicted octanol–water partition coefficient (Wildman–Crippen LogP) is 0.504. The van der Waals surface area contributed by atoms with Crippen LogP contribution in [-0.2, 0) is 11.3 Å². The Labute approximate surface area is 156 Å². The highest BCUT2D eigenvalue weighted by atomic mass is 16.3. The van der Waals surface area contributed by atoms with E-state index < -0.39 is 11.2 Å². The molecule has 1 amide bonds. The minimum Gasteiger partial charge on any atom is -0.395 e. The first-order chi connectivity index (χ1) is 12.7. The van der Waals surface area contributed by atoms with Crippen LogP contribution in [0.5, 0.6) is 0 Å². The van der Waals surface area contributed by atoms with Crippen molar-refractivity contribution >= 4 is 17.1 Å². The fourth-order valence-corrected chi connectivity index (χ4v) is 3.79. The summed E-state index contributed by atoms with van der Waals surface area (Å²) in [5, 5.41) is 21.6. The molecule has 9 heteroatoms. The van der Waals surface area contributed by atoms with E-state index in [1.54, 1.807) is 11.4 Å². The molecule has 0 aliphatic heterocycles. The number of nitrogens with one attached hydrogen (secondary N) is 1. The lowest BCUT2D eigenvalue weighted by molar-refractivity contribution is -0.125. The third-order valence-corrected chi connectivity index (χ3v) is 5.34. The summed E-state index contributed by atoms with van der Waals surface area (Å²) in [5.41, 5.74) is 6.57. The lowest BCUT2D eigenvalue weighted by atomic mass is 9.77. The zero-order valence-electron chi connectivity index (χ0n) is 15.9. The maximum absolute atomic E-state index is 12.9. The zero-order valence-corrected chi connectivity index (χ0v) is 15.9. The van der Waals surface area contributed by atoms with Gasteiger partial charge in [0.15, 0.2) is 11.3 Å². The minimum atomic E-state index is -0.720. The molecule has 27 heavy (non-hydrogen) atoms. The summed E-state index contributed by atoms with van der Waals surface area (Å²) in [6.07, 6.45) is 3.08. The van der Waals surface area contributed by atoms with Crippen LogP contribution in [0, 0.1) is 0 Å². The highest BCUT2D eigenvalue weighted by molar-refractivity contribution is 5.77. The summed E-state index contributed by atoms with van der Waals surface area (Å²) < 4.78 is 2.72. The van der Waals surface area contributed by atoms with Gasteiger partial charge in [-0.25, -0.2) is 9.20 Å². The van der Waals surface area contributed by atoms with Crippen LogP contribution in [0.1, 0.15) is 69.8 Å². The van der Waals surface area contributed by atoms with Crippen molar-refractivity contribution < 1.29 is 9.90 Å². The van der Waals surface area contributed by atoms with Gasteiger partial charge in [0, 0.05) is 17.9 Å². The maximum Gasteiger partial charge on any atom is 0.295 e. The second-order valence-corrected chi connectivity index (χ2v) is 8.48. The summed E-state index contributed by atoms with van der Waals surface area (Å²) in [6.45, 7) is 5.48. The van der Waals surface area contributed by atoms with Gasteiger partial charge in [-0.2, -0.15) is 10.2 Å². The van der Waals surface area contributed by atoms with Crippen molar-refractivity contribution in [3.05, 3.63) is 21.9 Å². The fraction of sp³-hybridized carbons (Fsp3) is 0.667. The van der Waals surface area contributed by atoms with Gasteiger partial charge in [-0.05, 0) is 32.6 Å². The molecule has 0 bridgehead atoms. The first kappa shape index (κ1) is 18.0. The van der Waals surface area contributed by atoms with Crippen LogP contribution >= 0.6 is 0 Å². The molecule has 4 N–H and O–H groups in total. The number of hydrogen-bond donors (Lipinski definition) is 3. The second-order valence-electron chi connectivity index (χ2n) is 8.48. The molecule has 0 aromatic carbocycles. The molecule has 0 unspecified atom stereocenters. The molecule has 2 aromatic heterocycles. The lowest BCUT2D eigenvalue weighted by Crippen LogP contribution is -2.54. The Balaban J connectivity index is 1.66. The standard InChI is InChI=1S/C18H26N6O3/c1-9(2)16-22-23(8-12(25)20-11-6-18(3,27)7-11)17(26)15-13(19)14(10-4-5-10)21-24(15)16/h9-11,27H,4-8,19H2,1-3H3,(H,20,25). The number of aliphatic hydroxyl groups is 1. The van der Waals surface area contributed by atoms with Gasteiger partial charge in [0.2, 0.25) is 5.91 Å². The van der Waals surface area contributed by atoms with Crippen LogP contribution in [0.3, 0.4) is 0 Å². The highest BCUT2D eigenvalue weighted by Crippen LogP contribution is 2.42. The molecule has 2 fully saturated rings. The summed E-state index contributed by atoms with van der Waals surface area (Å²) >= 11 is 0. The number of carbonyl (C=O) groups excluding carboxylic acids is 1. The number of nitrogen functional groups attached to an aromatic ring is 1. The second kappa shape index (κ2) is 6.05. The van der Waals surface area contributed by atoms with E-state index in [0.29, 0.717) is 35.8 Å². The molecule has 0 saturated heterocycles. The molecule has 0 radical (unpaired) electrons. The number of nitrogens with two attached hydrogens (primary N) is 1. The van der Waals surface area contributed by atoms with Crippen molar-refractivity contribution in [2.45, 2.75) is 76.5 Å². The van der Waals surface area contributed by atoms with E-state index >= 15 is 0 Å². The Morgan fingerprint density at radius 1 is 1.37 bits per heavy atom. The molecule has 9 nitrogen and oxygen atoms in total. The monoisotopic (exact) mass is 374 g/mol. The van der Waals surface area contributed by atoms with Gasteiger partial charge < -0.3 is 16.2 Å². The number of anilines is 1. The van der Waals surface area contributed by atoms with Gasteiger partial charge in [0.1, 0.15) is 6.54 Å². The minimum absolute atomic E-state index is 0.00972. The fourth-order valence-electron chi connectivity index (χ4n) is 3.79. The number of aromatic nitrogens is 4. The Hall–Kier alpha value is -2.42. The predicted molar refractivity (Wildman–Crippen MR) is 99.5 cm³/mol. The number of fused-ring (bicyclic) bond motifs is 1. The van der Waals surface area contributed by atoms with Gasteiger partial charge >= 0.3 is 0 Å². The third kappa shape index (κ3) is 3.20. The third-order valence-electron chi connectivity index (χ3n) is 5.34. The lowest BCUT2D eigenvalue weighted by Gasteiger charge is -2.41. The zero-order chi connectivity index (χ0) is 19.5. The summed E-state index contributed by atoms with van der Waals surface area (Å²) in [6, 6.07) is -0.0713. The van der Waals surface area contributed by atoms with Gasteiger partial charge in [0.05, 0.1) is 17.0 Å². The van der Waals surface area contributed by atoms with E-state index in [1.165, 1.54) is 4.68 Å². The topological polar surface area (TPSA) is 128 Å². The van der Waals surface area contributed by atoms with Crippen LogP contribution < -0.4 is 16.6 Å². The molecule has 0 atom stereocenters. The quantitative estimate of drug-likeness (QED) is 0.699. The van der Waals surface area contributed by atoms with Crippen molar-refractivity contribution in [2.75, 3.05) is 5.73 Å². The molecule has 2 aromatic rings. The van der Waals surface area contributed by atoms with Crippen molar-refractivity contribution in [2.24, 2.45) is 0 Å². The highest BCUT2D eigenvalue weighted by Gasteiger charge is 2.39. The van der Waals surface area contributed by atoms with Crippen molar-refractivity contribution in [1.82, 2.24) is 24.7 Å². The molecule has 0 spiro atoms. The van der Waals surface area contributed by atoms with E-state index in [0.717, 1.165) is 18.5 Å². The largest absolute Gasteiger partial charge is 0.395 e. The summed E-state index contributed by atoms with van der Waals surface area (Å²) in [5.74, 6) is 0.621. The van der Waals surface area contributed by atoms with E-state index in [1.807, 2.05) is 13.8 Å². The number of nitrogens with zero attached hydrogens (tertiary/aromatic N) is 4. The van der Waals surface area contributed by atoms with E-state index in [-0.39, 0.29) is 24.4 Å².